The summed E-state index contributed by atoms with van der Waals surface area (Å²) in [6.07, 6.45) is 3.59. The van der Waals surface area contributed by atoms with Gasteiger partial charge in [-0.15, -0.1) is 0 Å². The van der Waals surface area contributed by atoms with Crippen molar-refractivity contribution in [3.05, 3.63) is 64.7 Å². The summed E-state index contributed by atoms with van der Waals surface area (Å²) >= 11 is 5.98. The van der Waals surface area contributed by atoms with Crippen LogP contribution in [0.1, 0.15) is 17.2 Å². The summed E-state index contributed by atoms with van der Waals surface area (Å²) in [5, 5.41) is 3.96. The van der Waals surface area contributed by atoms with E-state index in [2.05, 4.69) is 15.2 Å². The van der Waals surface area contributed by atoms with Crippen LogP contribution in [0.4, 0.5) is 4.39 Å². The molecule has 0 saturated carbocycles. The van der Waals surface area contributed by atoms with E-state index in [1.807, 2.05) is 12.1 Å². The summed E-state index contributed by atoms with van der Waals surface area (Å²) in [6.45, 7) is 3.19. The largest absolute Gasteiger partial charge is 0.314 e. The zero-order valence-corrected chi connectivity index (χ0v) is 12.4. The van der Waals surface area contributed by atoms with Crippen LogP contribution >= 0.6 is 11.6 Å². The summed E-state index contributed by atoms with van der Waals surface area (Å²) < 4.78 is 13.9. The average Bonchev–Trinajstić information content (AvgIpc) is 2.52. The molecule has 1 unspecified atom stereocenters. The molecule has 0 bridgehead atoms. The lowest BCUT2D eigenvalue weighted by atomic mass is 10.0. The van der Waals surface area contributed by atoms with Gasteiger partial charge in [0.15, 0.2) is 0 Å². The van der Waals surface area contributed by atoms with Crippen molar-refractivity contribution in [1.82, 2.24) is 15.2 Å². The Balaban J connectivity index is 1.83. The number of hydrogen-bond acceptors (Lipinski definition) is 3. The highest BCUT2D eigenvalue weighted by molar-refractivity contribution is 6.30. The molecule has 2 heterocycles. The van der Waals surface area contributed by atoms with Crippen molar-refractivity contribution in [2.45, 2.75) is 12.6 Å². The van der Waals surface area contributed by atoms with Crippen LogP contribution in [0.15, 0.2) is 42.7 Å². The van der Waals surface area contributed by atoms with Crippen LogP contribution in [0.25, 0.3) is 0 Å². The molecule has 3 rings (SSSR count). The third kappa shape index (κ3) is 3.40. The molecule has 3 nitrogen and oxygen atoms in total. The highest BCUT2D eigenvalue weighted by atomic mass is 35.5. The SMILES string of the molecule is Fc1ccc(Cl)cc1CN1CCNCC1c1ccncc1. The van der Waals surface area contributed by atoms with Crippen molar-refractivity contribution in [2.24, 2.45) is 0 Å². The topological polar surface area (TPSA) is 28.2 Å². The molecule has 21 heavy (non-hydrogen) atoms. The minimum Gasteiger partial charge on any atom is -0.314 e. The molecule has 1 fully saturated rings. The molecule has 0 spiro atoms. The van der Waals surface area contributed by atoms with Crippen LogP contribution in [-0.4, -0.2) is 29.5 Å². The standard InChI is InChI=1S/C16H17ClFN3/c17-14-1-2-15(18)13(9-14)11-21-8-7-20-10-16(21)12-3-5-19-6-4-12/h1-6,9,16,20H,7-8,10-11H2. The summed E-state index contributed by atoms with van der Waals surface area (Å²) in [6, 6.07) is 8.97. The molecule has 0 aliphatic carbocycles. The minimum atomic E-state index is -0.202. The number of piperazine rings is 1. The van der Waals surface area contributed by atoms with Gasteiger partial charge in [0.25, 0.3) is 0 Å². The van der Waals surface area contributed by atoms with E-state index in [0.717, 1.165) is 19.6 Å². The third-order valence-electron chi connectivity index (χ3n) is 3.83. The second kappa shape index (κ2) is 6.52. The van der Waals surface area contributed by atoms with Gasteiger partial charge in [-0.3, -0.25) is 9.88 Å². The number of hydrogen-bond donors (Lipinski definition) is 1. The average molecular weight is 306 g/mol. The van der Waals surface area contributed by atoms with Gasteiger partial charge in [-0.1, -0.05) is 11.6 Å². The van der Waals surface area contributed by atoms with Gasteiger partial charge in [0, 0.05) is 55.2 Å². The van der Waals surface area contributed by atoms with E-state index in [0.29, 0.717) is 17.1 Å². The van der Waals surface area contributed by atoms with Crippen molar-refractivity contribution in [3.8, 4) is 0 Å². The Bertz CT molecular complexity index is 606. The van der Waals surface area contributed by atoms with Crippen molar-refractivity contribution in [2.75, 3.05) is 19.6 Å². The lowest BCUT2D eigenvalue weighted by Gasteiger charge is -2.36. The summed E-state index contributed by atoms with van der Waals surface area (Å²) in [4.78, 5) is 6.34. The predicted octanol–water partition coefficient (Wildman–Crippen LogP) is 3.02. The normalized spacial score (nSPS) is 19.6. The molecule has 0 radical (unpaired) electrons. The Morgan fingerprint density at radius 3 is 2.90 bits per heavy atom. The van der Waals surface area contributed by atoms with Gasteiger partial charge in [0.2, 0.25) is 0 Å². The Labute approximate surface area is 128 Å². The first-order chi connectivity index (χ1) is 10.2. The number of pyridine rings is 1. The quantitative estimate of drug-likeness (QED) is 0.945. The fourth-order valence-electron chi connectivity index (χ4n) is 2.73. The molecule has 2 aromatic rings. The smallest absolute Gasteiger partial charge is 0.127 e. The van der Waals surface area contributed by atoms with E-state index >= 15 is 0 Å². The first kappa shape index (κ1) is 14.4. The molecule has 1 aromatic carbocycles. The number of nitrogens with one attached hydrogen (secondary N) is 1. The molecule has 5 heteroatoms. The maximum atomic E-state index is 13.9. The van der Waals surface area contributed by atoms with Gasteiger partial charge >= 0.3 is 0 Å². The van der Waals surface area contributed by atoms with Crippen LogP contribution in [0.5, 0.6) is 0 Å². The van der Waals surface area contributed by atoms with E-state index in [1.165, 1.54) is 11.6 Å². The third-order valence-corrected chi connectivity index (χ3v) is 4.06. The predicted molar refractivity (Wildman–Crippen MR) is 81.7 cm³/mol. The van der Waals surface area contributed by atoms with Gasteiger partial charge < -0.3 is 5.32 Å². The molecule has 110 valence electrons. The number of aromatic nitrogens is 1. The molecule has 1 N–H and O–H groups in total. The highest BCUT2D eigenvalue weighted by Gasteiger charge is 2.24. The van der Waals surface area contributed by atoms with Crippen molar-refractivity contribution >= 4 is 11.6 Å². The summed E-state index contributed by atoms with van der Waals surface area (Å²) in [7, 11) is 0. The monoisotopic (exact) mass is 305 g/mol. The molecule has 1 aromatic heterocycles. The van der Waals surface area contributed by atoms with Crippen molar-refractivity contribution < 1.29 is 4.39 Å². The number of rotatable bonds is 3. The second-order valence-electron chi connectivity index (χ2n) is 5.21. The first-order valence-corrected chi connectivity index (χ1v) is 7.40. The molecule has 1 aliphatic rings. The van der Waals surface area contributed by atoms with Crippen LogP contribution in [0.3, 0.4) is 0 Å². The Morgan fingerprint density at radius 1 is 1.29 bits per heavy atom. The van der Waals surface area contributed by atoms with E-state index in [9.17, 15) is 4.39 Å². The maximum absolute atomic E-state index is 13.9. The fourth-order valence-corrected chi connectivity index (χ4v) is 2.93. The van der Waals surface area contributed by atoms with Crippen LogP contribution in [0.2, 0.25) is 5.02 Å². The lowest BCUT2D eigenvalue weighted by molar-refractivity contribution is 0.152. The molecule has 1 saturated heterocycles. The number of nitrogens with zero attached hydrogens (tertiary/aromatic N) is 2. The maximum Gasteiger partial charge on any atom is 0.127 e. The van der Waals surface area contributed by atoms with Crippen LogP contribution in [-0.2, 0) is 6.54 Å². The minimum absolute atomic E-state index is 0.202. The van der Waals surface area contributed by atoms with Crippen LogP contribution < -0.4 is 5.32 Å². The van der Waals surface area contributed by atoms with Gasteiger partial charge in [0.1, 0.15) is 5.82 Å². The zero-order chi connectivity index (χ0) is 14.7. The molecule has 0 amide bonds. The highest BCUT2D eigenvalue weighted by Crippen LogP contribution is 2.25. The molecule has 1 atom stereocenters. The fraction of sp³-hybridized carbons (Fsp3) is 0.312. The Kier molecular flexibility index (Phi) is 4.48. The molecular formula is C16H17ClFN3. The number of benzene rings is 1. The molecular weight excluding hydrogens is 289 g/mol. The summed E-state index contributed by atoms with van der Waals surface area (Å²) in [5.74, 6) is -0.202. The second-order valence-corrected chi connectivity index (χ2v) is 5.64. The number of halogens is 2. The zero-order valence-electron chi connectivity index (χ0n) is 11.6. The first-order valence-electron chi connectivity index (χ1n) is 7.02. The Hall–Kier alpha value is -1.49. The van der Waals surface area contributed by atoms with Gasteiger partial charge in [-0.2, -0.15) is 0 Å². The van der Waals surface area contributed by atoms with Crippen LogP contribution in [0, 0.1) is 5.82 Å². The molecule has 1 aliphatic heterocycles. The van der Waals surface area contributed by atoms with E-state index < -0.39 is 0 Å². The van der Waals surface area contributed by atoms with Crippen molar-refractivity contribution in [3.63, 3.8) is 0 Å². The lowest BCUT2D eigenvalue weighted by Crippen LogP contribution is -2.45. The van der Waals surface area contributed by atoms with Gasteiger partial charge in [-0.05, 0) is 35.9 Å². The Morgan fingerprint density at radius 2 is 2.10 bits per heavy atom. The van der Waals surface area contributed by atoms with Gasteiger partial charge in [0.05, 0.1) is 0 Å². The van der Waals surface area contributed by atoms with E-state index in [1.54, 1.807) is 24.5 Å². The summed E-state index contributed by atoms with van der Waals surface area (Å²) in [5.41, 5.74) is 1.84. The van der Waals surface area contributed by atoms with Gasteiger partial charge in [-0.25, -0.2) is 4.39 Å². The van der Waals surface area contributed by atoms with E-state index in [4.69, 9.17) is 11.6 Å². The van der Waals surface area contributed by atoms with Crippen molar-refractivity contribution in [1.29, 1.82) is 0 Å². The van der Waals surface area contributed by atoms with E-state index in [-0.39, 0.29) is 11.9 Å².